The fourth-order valence-corrected chi connectivity index (χ4v) is 2.00. The molecule has 0 aliphatic carbocycles. The third-order valence-corrected chi connectivity index (χ3v) is 2.88. The van der Waals surface area contributed by atoms with Gasteiger partial charge in [0.15, 0.2) is 0 Å². The van der Waals surface area contributed by atoms with E-state index in [4.69, 9.17) is 5.11 Å². The molecule has 0 radical (unpaired) electrons. The predicted molar refractivity (Wildman–Crippen MR) is 58.2 cm³/mol. The number of likely N-dealkylation sites (tertiary alicyclic amines) is 1. The number of carbonyl (C=O) groups excluding carboxylic acids is 1. The zero-order valence-corrected chi connectivity index (χ0v) is 8.85. The second-order valence-electron chi connectivity index (χ2n) is 3.92. The summed E-state index contributed by atoms with van der Waals surface area (Å²) in [7, 11) is 0. The fourth-order valence-electron chi connectivity index (χ4n) is 2.00. The topological polar surface area (TPSA) is 73.4 Å². The smallest absolute Gasteiger partial charge is 0.255 e. The number of aliphatic hydroxyl groups excluding tert-OH is 1. The van der Waals surface area contributed by atoms with Gasteiger partial charge in [0.1, 0.15) is 0 Å². The number of nitrogens with zero attached hydrogens (tertiary/aromatic N) is 1. The van der Waals surface area contributed by atoms with E-state index < -0.39 is 0 Å². The Hall–Kier alpha value is -1.62. The van der Waals surface area contributed by atoms with Crippen LogP contribution in [0.4, 0.5) is 0 Å². The number of hydrogen-bond donors (Lipinski definition) is 2. The van der Waals surface area contributed by atoms with E-state index in [-0.39, 0.29) is 24.1 Å². The van der Waals surface area contributed by atoms with Gasteiger partial charge in [0.05, 0.1) is 18.2 Å². The Kier molecular flexibility index (Phi) is 3.05. The average Bonchev–Trinajstić information content (AvgIpc) is 2.77. The highest BCUT2D eigenvalue weighted by Crippen LogP contribution is 2.18. The first-order chi connectivity index (χ1) is 7.72. The summed E-state index contributed by atoms with van der Waals surface area (Å²) in [6.45, 7) is 0.665. The van der Waals surface area contributed by atoms with Gasteiger partial charge in [0.2, 0.25) is 5.56 Å². The molecule has 5 nitrogen and oxygen atoms in total. The van der Waals surface area contributed by atoms with Gasteiger partial charge in [-0.15, -0.1) is 0 Å². The van der Waals surface area contributed by atoms with Crippen LogP contribution in [-0.2, 0) is 0 Å². The first-order valence-electron chi connectivity index (χ1n) is 5.33. The van der Waals surface area contributed by atoms with Crippen molar-refractivity contribution in [1.29, 1.82) is 0 Å². The second kappa shape index (κ2) is 4.49. The van der Waals surface area contributed by atoms with Crippen LogP contribution >= 0.6 is 0 Å². The van der Waals surface area contributed by atoms with E-state index in [0.29, 0.717) is 12.1 Å². The van der Waals surface area contributed by atoms with Crippen LogP contribution in [0.3, 0.4) is 0 Å². The van der Waals surface area contributed by atoms with Crippen molar-refractivity contribution < 1.29 is 9.90 Å². The molecule has 0 spiro atoms. The van der Waals surface area contributed by atoms with Crippen molar-refractivity contribution in [2.75, 3.05) is 13.2 Å². The molecule has 1 saturated heterocycles. The van der Waals surface area contributed by atoms with E-state index in [1.165, 1.54) is 18.3 Å². The van der Waals surface area contributed by atoms with Gasteiger partial charge in [-0.2, -0.15) is 0 Å². The summed E-state index contributed by atoms with van der Waals surface area (Å²) in [6, 6.07) is 2.75. The highest BCUT2D eigenvalue weighted by atomic mass is 16.3. The van der Waals surface area contributed by atoms with Crippen LogP contribution in [-0.4, -0.2) is 40.1 Å². The number of hydrogen-bond acceptors (Lipinski definition) is 3. The molecule has 0 saturated carbocycles. The summed E-state index contributed by atoms with van der Waals surface area (Å²) in [6.07, 6.45) is 3.17. The maximum absolute atomic E-state index is 12.0. The quantitative estimate of drug-likeness (QED) is 0.738. The second-order valence-corrected chi connectivity index (χ2v) is 3.92. The number of rotatable bonds is 2. The maximum Gasteiger partial charge on any atom is 0.255 e. The third-order valence-electron chi connectivity index (χ3n) is 2.88. The predicted octanol–water partition coefficient (Wildman–Crippen LogP) is -0.0282. The van der Waals surface area contributed by atoms with Crippen LogP contribution in [0.5, 0.6) is 0 Å². The number of amides is 1. The highest BCUT2D eigenvalue weighted by Gasteiger charge is 2.28. The van der Waals surface area contributed by atoms with Crippen LogP contribution in [0.25, 0.3) is 0 Å². The minimum absolute atomic E-state index is 0.00487. The molecule has 1 fully saturated rings. The SMILES string of the molecule is O=C(c1ccc(=O)[nH]c1)N1CCC[C@H]1CO. The Balaban J connectivity index is 2.18. The maximum atomic E-state index is 12.0. The zero-order chi connectivity index (χ0) is 11.5. The van der Waals surface area contributed by atoms with E-state index in [1.807, 2.05) is 0 Å². The summed E-state index contributed by atoms with van der Waals surface area (Å²) in [5.74, 6) is -0.132. The van der Waals surface area contributed by atoms with Crippen molar-refractivity contribution in [3.05, 3.63) is 34.2 Å². The molecule has 0 bridgehead atoms. The summed E-state index contributed by atoms with van der Waals surface area (Å²) < 4.78 is 0. The number of aromatic nitrogens is 1. The van der Waals surface area contributed by atoms with Gasteiger partial charge >= 0.3 is 0 Å². The number of H-pyrrole nitrogens is 1. The first-order valence-corrected chi connectivity index (χ1v) is 5.33. The minimum atomic E-state index is -0.225. The lowest BCUT2D eigenvalue weighted by atomic mass is 10.2. The largest absolute Gasteiger partial charge is 0.394 e. The summed E-state index contributed by atoms with van der Waals surface area (Å²) >= 11 is 0. The Morgan fingerprint density at radius 2 is 2.38 bits per heavy atom. The number of nitrogens with one attached hydrogen (secondary N) is 1. The molecule has 2 N–H and O–H groups in total. The first kappa shape index (κ1) is 10.9. The molecule has 2 rings (SSSR count). The van der Waals surface area contributed by atoms with E-state index in [9.17, 15) is 9.59 Å². The Labute approximate surface area is 92.7 Å². The van der Waals surface area contributed by atoms with Crippen molar-refractivity contribution >= 4 is 5.91 Å². The number of carbonyl (C=O) groups is 1. The van der Waals surface area contributed by atoms with Crippen LogP contribution in [0.15, 0.2) is 23.1 Å². The molecule has 5 heteroatoms. The van der Waals surface area contributed by atoms with Crippen molar-refractivity contribution in [2.45, 2.75) is 18.9 Å². The summed E-state index contributed by atoms with van der Waals surface area (Å²) in [5, 5.41) is 9.12. The molecule has 1 amide bonds. The van der Waals surface area contributed by atoms with E-state index in [1.54, 1.807) is 4.90 Å². The number of aliphatic hydroxyl groups is 1. The van der Waals surface area contributed by atoms with Crippen molar-refractivity contribution in [1.82, 2.24) is 9.88 Å². The average molecular weight is 222 g/mol. The van der Waals surface area contributed by atoms with Gasteiger partial charge in [0, 0.05) is 18.8 Å². The zero-order valence-electron chi connectivity index (χ0n) is 8.85. The standard InChI is InChI=1S/C11H14N2O3/c14-7-9-2-1-5-13(9)11(16)8-3-4-10(15)12-6-8/h3-4,6,9,14H,1-2,5,7H2,(H,12,15)/t9-/m0/s1. The lowest BCUT2D eigenvalue weighted by Gasteiger charge is -2.22. The lowest BCUT2D eigenvalue weighted by molar-refractivity contribution is 0.0677. The molecule has 1 aliphatic heterocycles. The van der Waals surface area contributed by atoms with E-state index in [2.05, 4.69) is 4.98 Å². The van der Waals surface area contributed by atoms with Crippen LogP contribution in [0.1, 0.15) is 23.2 Å². The molecule has 1 aromatic rings. The van der Waals surface area contributed by atoms with Crippen molar-refractivity contribution in [2.24, 2.45) is 0 Å². The molecular weight excluding hydrogens is 208 g/mol. The minimum Gasteiger partial charge on any atom is -0.394 e. The molecule has 2 heterocycles. The van der Waals surface area contributed by atoms with E-state index >= 15 is 0 Å². The lowest BCUT2D eigenvalue weighted by Crippen LogP contribution is -2.37. The summed E-state index contributed by atoms with van der Waals surface area (Å²) in [5.41, 5.74) is 0.233. The third kappa shape index (κ3) is 1.99. The van der Waals surface area contributed by atoms with Gasteiger partial charge in [0.25, 0.3) is 5.91 Å². The fraction of sp³-hybridized carbons (Fsp3) is 0.455. The number of pyridine rings is 1. The van der Waals surface area contributed by atoms with Crippen LogP contribution in [0.2, 0.25) is 0 Å². The molecule has 0 unspecified atom stereocenters. The monoisotopic (exact) mass is 222 g/mol. The normalized spacial score (nSPS) is 20.1. The van der Waals surface area contributed by atoms with Gasteiger partial charge in [-0.05, 0) is 18.9 Å². The number of aromatic amines is 1. The molecule has 16 heavy (non-hydrogen) atoms. The summed E-state index contributed by atoms with van der Waals surface area (Å²) in [4.78, 5) is 27.0. The molecular formula is C11H14N2O3. The molecule has 1 aromatic heterocycles. The van der Waals surface area contributed by atoms with Crippen molar-refractivity contribution in [3.63, 3.8) is 0 Å². The van der Waals surface area contributed by atoms with Gasteiger partial charge in [-0.1, -0.05) is 0 Å². The van der Waals surface area contributed by atoms with E-state index in [0.717, 1.165) is 12.8 Å². The van der Waals surface area contributed by atoms with Gasteiger partial charge < -0.3 is 15.0 Å². The van der Waals surface area contributed by atoms with Gasteiger partial charge in [-0.25, -0.2) is 0 Å². The molecule has 86 valence electrons. The van der Waals surface area contributed by atoms with Gasteiger partial charge in [-0.3, -0.25) is 9.59 Å². The van der Waals surface area contributed by atoms with Crippen LogP contribution in [0, 0.1) is 0 Å². The van der Waals surface area contributed by atoms with Crippen molar-refractivity contribution in [3.8, 4) is 0 Å². The molecule has 0 aromatic carbocycles. The molecule has 1 atom stereocenters. The highest BCUT2D eigenvalue weighted by molar-refractivity contribution is 5.94. The Bertz CT molecular complexity index is 421. The Morgan fingerprint density at radius 1 is 1.56 bits per heavy atom. The Morgan fingerprint density at radius 3 is 3.00 bits per heavy atom. The molecule has 1 aliphatic rings. The van der Waals surface area contributed by atoms with Crippen LogP contribution < -0.4 is 5.56 Å².